The molecular formula is C13H21N3O4S. The molecule has 1 unspecified atom stereocenters. The number of rotatable bonds is 4. The van der Waals surface area contributed by atoms with Gasteiger partial charge in [0.1, 0.15) is 4.90 Å². The van der Waals surface area contributed by atoms with Crippen molar-refractivity contribution in [1.82, 2.24) is 4.31 Å². The molecule has 7 nitrogen and oxygen atoms in total. The summed E-state index contributed by atoms with van der Waals surface area (Å²) < 4.78 is 31.1. The number of hydrogen-bond acceptors (Lipinski definition) is 6. The fourth-order valence-electron chi connectivity index (χ4n) is 2.28. The summed E-state index contributed by atoms with van der Waals surface area (Å²) in [4.78, 5) is 2.03. The normalized spacial score (nSPS) is 20.0. The molecule has 0 aliphatic carbocycles. The lowest BCUT2D eigenvalue weighted by molar-refractivity contribution is 0.00360. The van der Waals surface area contributed by atoms with E-state index in [0.29, 0.717) is 25.4 Å². The molecule has 1 aliphatic rings. The number of ether oxygens (including phenoxy) is 1. The summed E-state index contributed by atoms with van der Waals surface area (Å²) in [5, 5.41) is 9.20. The molecule has 21 heavy (non-hydrogen) atoms. The molecule has 0 aromatic heterocycles. The number of aliphatic hydroxyl groups is 1. The average molecular weight is 315 g/mol. The Morgan fingerprint density at radius 1 is 1.48 bits per heavy atom. The fourth-order valence-corrected chi connectivity index (χ4v) is 3.30. The van der Waals surface area contributed by atoms with E-state index in [9.17, 15) is 13.5 Å². The van der Waals surface area contributed by atoms with E-state index < -0.39 is 10.0 Å². The zero-order valence-corrected chi connectivity index (χ0v) is 13.0. The Bertz CT molecular complexity index is 603. The Labute approximate surface area is 125 Å². The molecule has 3 N–H and O–H groups in total. The van der Waals surface area contributed by atoms with E-state index in [1.54, 1.807) is 12.1 Å². The van der Waals surface area contributed by atoms with Crippen molar-refractivity contribution >= 4 is 21.4 Å². The second-order valence-corrected chi connectivity index (χ2v) is 7.22. The smallest absolute Gasteiger partial charge is 0.244 e. The highest BCUT2D eigenvalue weighted by atomic mass is 32.2. The van der Waals surface area contributed by atoms with Crippen LogP contribution in [0.25, 0.3) is 0 Å². The lowest BCUT2D eigenvalue weighted by atomic mass is 10.2. The van der Waals surface area contributed by atoms with Gasteiger partial charge in [-0.1, -0.05) is 6.07 Å². The van der Waals surface area contributed by atoms with Crippen molar-refractivity contribution in [2.75, 3.05) is 51.0 Å². The molecule has 1 aromatic carbocycles. The molecule has 1 saturated heterocycles. The Kier molecular flexibility index (Phi) is 4.72. The maximum absolute atomic E-state index is 12.3. The quantitative estimate of drug-likeness (QED) is 0.742. The van der Waals surface area contributed by atoms with E-state index in [2.05, 4.69) is 0 Å². The third-order valence-corrected chi connectivity index (χ3v) is 5.36. The van der Waals surface area contributed by atoms with Crippen LogP contribution in [0.2, 0.25) is 0 Å². The van der Waals surface area contributed by atoms with Crippen molar-refractivity contribution in [2.45, 2.75) is 11.0 Å². The van der Waals surface area contributed by atoms with Gasteiger partial charge < -0.3 is 20.5 Å². The van der Waals surface area contributed by atoms with Crippen molar-refractivity contribution in [3.8, 4) is 0 Å². The number of nitrogens with two attached hydrogens (primary N) is 1. The van der Waals surface area contributed by atoms with Crippen molar-refractivity contribution in [3.63, 3.8) is 0 Å². The first-order chi connectivity index (χ1) is 9.87. The maximum atomic E-state index is 12.3. The van der Waals surface area contributed by atoms with Gasteiger partial charge >= 0.3 is 0 Å². The third kappa shape index (κ3) is 3.13. The average Bonchev–Trinajstić information content (AvgIpc) is 2.47. The summed E-state index contributed by atoms with van der Waals surface area (Å²) in [7, 11) is -0.646. The van der Waals surface area contributed by atoms with Crippen LogP contribution in [0.15, 0.2) is 23.1 Å². The van der Waals surface area contributed by atoms with Gasteiger partial charge in [0, 0.05) is 27.2 Å². The molecule has 1 aliphatic heterocycles. The van der Waals surface area contributed by atoms with Crippen LogP contribution in [0.3, 0.4) is 0 Å². The topological polar surface area (TPSA) is 96.1 Å². The van der Waals surface area contributed by atoms with Crippen molar-refractivity contribution in [2.24, 2.45) is 0 Å². The van der Waals surface area contributed by atoms with Gasteiger partial charge in [-0.3, -0.25) is 0 Å². The Morgan fingerprint density at radius 3 is 2.81 bits per heavy atom. The van der Waals surface area contributed by atoms with Crippen molar-refractivity contribution in [1.29, 1.82) is 0 Å². The van der Waals surface area contributed by atoms with E-state index in [4.69, 9.17) is 10.5 Å². The van der Waals surface area contributed by atoms with E-state index in [1.807, 2.05) is 4.90 Å². The molecule has 0 amide bonds. The molecule has 1 heterocycles. The number of morpholine rings is 1. The molecule has 1 atom stereocenters. The zero-order chi connectivity index (χ0) is 15.6. The third-order valence-electron chi connectivity index (χ3n) is 3.48. The zero-order valence-electron chi connectivity index (χ0n) is 12.2. The first kappa shape index (κ1) is 16.0. The molecule has 8 heteroatoms. The van der Waals surface area contributed by atoms with E-state index in [1.165, 1.54) is 20.2 Å². The maximum Gasteiger partial charge on any atom is 0.244 e. The summed E-state index contributed by atoms with van der Waals surface area (Å²) in [5.74, 6) is 0. The highest BCUT2D eigenvalue weighted by Crippen LogP contribution is 2.31. The van der Waals surface area contributed by atoms with Crippen LogP contribution in [0, 0.1) is 0 Å². The predicted octanol–water partition coefficient (Wildman–Crippen LogP) is -0.283. The van der Waals surface area contributed by atoms with Gasteiger partial charge in [-0.15, -0.1) is 0 Å². The van der Waals surface area contributed by atoms with Gasteiger partial charge in [0.05, 0.1) is 30.7 Å². The number of benzene rings is 1. The SMILES string of the molecule is CN(C)S(=O)(=O)c1cccc(N2CCOC(CO)C2)c1N. The summed E-state index contributed by atoms with van der Waals surface area (Å²) in [6.45, 7) is 1.47. The van der Waals surface area contributed by atoms with Crippen LogP contribution in [0.4, 0.5) is 11.4 Å². The molecule has 1 fully saturated rings. The van der Waals surface area contributed by atoms with E-state index in [0.717, 1.165) is 4.31 Å². The van der Waals surface area contributed by atoms with Gasteiger partial charge in [-0.05, 0) is 12.1 Å². The summed E-state index contributed by atoms with van der Waals surface area (Å²) in [6.07, 6.45) is -0.285. The predicted molar refractivity (Wildman–Crippen MR) is 80.8 cm³/mol. The summed E-state index contributed by atoms with van der Waals surface area (Å²) >= 11 is 0. The molecule has 2 rings (SSSR count). The first-order valence-electron chi connectivity index (χ1n) is 6.66. The lowest BCUT2D eigenvalue weighted by Crippen LogP contribution is -2.44. The van der Waals surface area contributed by atoms with E-state index >= 15 is 0 Å². The van der Waals surface area contributed by atoms with Crippen LogP contribution in [0.5, 0.6) is 0 Å². The van der Waals surface area contributed by atoms with Crippen LogP contribution < -0.4 is 10.6 Å². The van der Waals surface area contributed by atoms with Crippen LogP contribution in [-0.2, 0) is 14.8 Å². The minimum absolute atomic E-state index is 0.0773. The Balaban J connectivity index is 2.39. The van der Waals surface area contributed by atoms with E-state index in [-0.39, 0.29) is 23.3 Å². The van der Waals surface area contributed by atoms with Gasteiger partial charge in [-0.25, -0.2) is 12.7 Å². The largest absolute Gasteiger partial charge is 0.396 e. The fraction of sp³-hybridized carbons (Fsp3) is 0.538. The standard InChI is InChI=1S/C13H21N3O4S/c1-15(2)21(18,19)12-5-3-4-11(13(12)14)16-6-7-20-10(8-16)9-17/h3-5,10,17H,6-9,14H2,1-2H3. The van der Waals surface area contributed by atoms with Crippen LogP contribution in [0.1, 0.15) is 0 Å². The van der Waals surface area contributed by atoms with Crippen LogP contribution in [-0.4, -0.2) is 64.3 Å². The lowest BCUT2D eigenvalue weighted by Gasteiger charge is -2.34. The minimum Gasteiger partial charge on any atom is -0.396 e. The van der Waals surface area contributed by atoms with Gasteiger partial charge in [0.15, 0.2) is 0 Å². The van der Waals surface area contributed by atoms with Crippen LogP contribution >= 0.6 is 0 Å². The number of anilines is 2. The monoisotopic (exact) mass is 315 g/mol. The molecule has 0 radical (unpaired) electrons. The Morgan fingerprint density at radius 2 is 2.19 bits per heavy atom. The molecule has 0 spiro atoms. The van der Waals surface area contributed by atoms with Gasteiger partial charge in [0.25, 0.3) is 0 Å². The number of para-hydroxylation sites is 1. The molecular weight excluding hydrogens is 294 g/mol. The summed E-state index contributed by atoms with van der Waals surface area (Å²) in [5.41, 5.74) is 6.95. The number of nitrogens with zero attached hydrogens (tertiary/aromatic N) is 2. The molecule has 0 bridgehead atoms. The molecule has 0 saturated carbocycles. The first-order valence-corrected chi connectivity index (χ1v) is 8.10. The molecule has 1 aromatic rings. The Hall–Kier alpha value is -1.35. The highest BCUT2D eigenvalue weighted by Gasteiger charge is 2.26. The van der Waals surface area contributed by atoms with Gasteiger partial charge in [-0.2, -0.15) is 0 Å². The van der Waals surface area contributed by atoms with Crippen molar-refractivity contribution < 1.29 is 18.3 Å². The summed E-state index contributed by atoms with van der Waals surface area (Å²) in [6, 6.07) is 4.95. The second-order valence-electron chi connectivity index (χ2n) is 5.10. The highest BCUT2D eigenvalue weighted by molar-refractivity contribution is 7.89. The molecule has 118 valence electrons. The number of sulfonamides is 1. The second kappa shape index (κ2) is 6.18. The number of aliphatic hydroxyl groups excluding tert-OH is 1. The van der Waals surface area contributed by atoms with Crippen molar-refractivity contribution in [3.05, 3.63) is 18.2 Å². The van der Waals surface area contributed by atoms with Gasteiger partial charge in [0.2, 0.25) is 10.0 Å². The minimum atomic E-state index is -3.59. The number of hydrogen-bond donors (Lipinski definition) is 2. The number of nitrogen functional groups attached to an aromatic ring is 1.